The van der Waals surface area contributed by atoms with Crippen molar-refractivity contribution in [3.63, 3.8) is 0 Å². The lowest BCUT2D eigenvalue weighted by molar-refractivity contribution is -0.114. The summed E-state index contributed by atoms with van der Waals surface area (Å²) in [6.07, 6.45) is 0. The summed E-state index contributed by atoms with van der Waals surface area (Å²) in [5, 5.41) is 5.52. The van der Waals surface area contributed by atoms with Crippen molar-refractivity contribution in [3.8, 4) is 16.9 Å². The molecule has 3 aromatic carbocycles. The molecule has 0 aromatic heterocycles. The van der Waals surface area contributed by atoms with Crippen LogP contribution in [-0.4, -0.2) is 18.9 Å². The Morgan fingerprint density at radius 3 is 2.11 bits per heavy atom. The molecule has 2 N–H and O–H groups in total. The summed E-state index contributed by atoms with van der Waals surface area (Å²) in [6, 6.07) is 22.4. The number of hydrogen-bond donors (Lipinski definition) is 2. The maximum Gasteiger partial charge on any atom is 0.255 e. The molecule has 136 valence electrons. The van der Waals surface area contributed by atoms with E-state index in [9.17, 15) is 9.59 Å². The first-order chi connectivity index (χ1) is 13.1. The van der Waals surface area contributed by atoms with Gasteiger partial charge in [0.2, 0.25) is 5.91 Å². The summed E-state index contributed by atoms with van der Waals surface area (Å²) >= 11 is 0. The number of rotatable bonds is 5. The Bertz CT molecular complexity index is 951. The van der Waals surface area contributed by atoms with Crippen LogP contribution in [0.5, 0.6) is 5.75 Å². The minimum Gasteiger partial charge on any atom is -0.495 e. The van der Waals surface area contributed by atoms with Crippen LogP contribution in [0.2, 0.25) is 0 Å². The highest BCUT2D eigenvalue weighted by Gasteiger charge is 2.11. The molecule has 0 atom stereocenters. The molecule has 27 heavy (non-hydrogen) atoms. The van der Waals surface area contributed by atoms with Gasteiger partial charge < -0.3 is 15.4 Å². The highest BCUT2D eigenvalue weighted by Crippen LogP contribution is 2.28. The summed E-state index contributed by atoms with van der Waals surface area (Å²) < 4.78 is 5.29. The predicted molar refractivity (Wildman–Crippen MR) is 107 cm³/mol. The molecule has 2 amide bonds. The van der Waals surface area contributed by atoms with Gasteiger partial charge in [0.1, 0.15) is 5.75 Å². The molecule has 0 bridgehead atoms. The Hall–Kier alpha value is -3.60. The quantitative estimate of drug-likeness (QED) is 0.700. The van der Waals surface area contributed by atoms with Gasteiger partial charge in [0.15, 0.2) is 0 Å². The van der Waals surface area contributed by atoms with Crippen molar-refractivity contribution < 1.29 is 14.3 Å². The lowest BCUT2D eigenvalue weighted by atomic mass is 10.0. The van der Waals surface area contributed by atoms with E-state index in [0.717, 1.165) is 11.1 Å². The molecule has 0 aliphatic rings. The maximum atomic E-state index is 12.6. The van der Waals surface area contributed by atoms with E-state index in [2.05, 4.69) is 10.6 Å². The second kappa shape index (κ2) is 8.19. The summed E-state index contributed by atoms with van der Waals surface area (Å²) in [5.74, 6) is 0.0696. The highest BCUT2D eigenvalue weighted by atomic mass is 16.5. The van der Waals surface area contributed by atoms with E-state index < -0.39 is 0 Å². The number of nitrogens with one attached hydrogen (secondary N) is 2. The zero-order valence-corrected chi connectivity index (χ0v) is 15.2. The summed E-state index contributed by atoms with van der Waals surface area (Å²) in [5.41, 5.74) is 3.73. The number of ether oxygens (including phenoxy) is 1. The molecule has 0 fully saturated rings. The number of benzene rings is 3. The number of methoxy groups -OCH3 is 1. The monoisotopic (exact) mass is 360 g/mol. The zero-order chi connectivity index (χ0) is 19.2. The summed E-state index contributed by atoms with van der Waals surface area (Å²) in [4.78, 5) is 23.9. The van der Waals surface area contributed by atoms with Crippen LogP contribution in [0.4, 0.5) is 11.4 Å². The van der Waals surface area contributed by atoms with Crippen molar-refractivity contribution in [2.75, 3.05) is 17.7 Å². The van der Waals surface area contributed by atoms with E-state index >= 15 is 0 Å². The first-order valence-electron chi connectivity index (χ1n) is 8.49. The van der Waals surface area contributed by atoms with E-state index in [-0.39, 0.29) is 11.8 Å². The van der Waals surface area contributed by atoms with Gasteiger partial charge in [-0.1, -0.05) is 42.5 Å². The second-order valence-corrected chi connectivity index (χ2v) is 5.99. The SMILES string of the molecule is COc1ccc(NC(C)=O)cc1NC(=O)c1ccc(-c2ccccc2)cc1. The molecule has 0 spiro atoms. The van der Waals surface area contributed by atoms with Gasteiger partial charge in [-0.2, -0.15) is 0 Å². The molecule has 0 unspecified atom stereocenters. The Balaban J connectivity index is 1.79. The topological polar surface area (TPSA) is 67.4 Å². The van der Waals surface area contributed by atoms with E-state index in [1.165, 1.54) is 14.0 Å². The fourth-order valence-corrected chi connectivity index (χ4v) is 2.73. The van der Waals surface area contributed by atoms with E-state index in [0.29, 0.717) is 22.7 Å². The molecule has 0 heterocycles. The van der Waals surface area contributed by atoms with Crippen LogP contribution >= 0.6 is 0 Å². The lowest BCUT2D eigenvalue weighted by Gasteiger charge is -2.12. The molecular formula is C22H20N2O3. The van der Waals surface area contributed by atoms with Crippen LogP contribution in [-0.2, 0) is 4.79 Å². The van der Waals surface area contributed by atoms with Crippen molar-refractivity contribution in [2.45, 2.75) is 6.92 Å². The van der Waals surface area contributed by atoms with E-state index in [1.54, 1.807) is 30.3 Å². The van der Waals surface area contributed by atoms with Gasteiger partial charge in [-0.25, -0.2) is 0 Å². The highest BCUT2D eigenvalue weighted by molar-refractivity contribution is 6.05. The molecule has 0 saturated heterocycles. The minimum atomic E-state index is -0.257. The Kier molecular flexibility index (Phi) is 5.52. The van der Waals surface area contributed by atoms with Gasteiger partial charge in [-0.05, 0) is 41.5 Å². The molecule has 0 radical (unpaired) electrons. The maximum absolute atomic E-state index is 12.6. The summed E-state index contributed by atoms with van der Waals surface area (Å²) in [6.45, 7) is 1.43. The van der Waals surface area contributed by atoms with Crippen molar-refractivity contribution >= 4 is 23.2 Å². The van der Waals surface area contributed by atoms with Gasteiger partial charge in [0.25, 0.3) is 5.91 Å². The normalized spacial score (nSPS) is 10.1. The number of amides is 2. The van der Waals surface area contributed by atoms with Crippen LogP contribution < -0.4 is 15.4 Å². The minimum absolute atomic E-state index is 0.186. The van der Waals surface area contributed by atoms with Gasteiger partial charge in [-0.15, -0.1) is 0 Å². The smallest absolute Gasteiger partial charge is 0.255 e. The van der Waals surface area contributed by atoms with Gasteiger partial charge in [0.05, 0.1) is 12.8 Å². The van der Waals surface area contributed by atoms with Crippen LogP contribution in [0, 0.1) is 0 Å². The fraction of sp³-hybridized carbons (Fsp3) is 0.0909. The van der Waals surface area contributed by atoms with Crippen molar-refractivity contribution in [3.05, 3.63) is 78.4 Å². The van der Waals surface area contributed by atoms with Gasteiger partial charge >= 0.3 is 0 Å². The van der Waals surface area contributed by atoms with E-state index in [1.807, 2.05) is 42.5 Å². The van der Waals surface area contributed by atoms with E-state index in [4.69, 9.17) is 4.74 Å². The van der Waals surface area contributed by atoms with Crippen LogP contribution in [0.1, 0.15) is 17.3 Å². The van der Waals surface area contributed by atoms with Crippen LogP contribution in [0.25, 0.3) is 11.1 Å². The van der Waals surface area contributed by atoms with Crippen LogP contribution in [0.3, 0.4) is 0 Å². The van der Waals surface area contributed by atoms with Crippen molar-refractivity contribution in [1.29, 1.82) is 0 Å². The van der Waals surface area contributed by atoms with Crippen LogP contribution in [0.15, 0.2) is 72.8 Å². The standard InChI is InChI=1S/C22H20N2O3/c1-15(25)23-19-12-13-21(27-2)20(14-19)24-22(26)18-10-8-17(9-11-18)16-6-4-3-5-7-16/h3-14H,1-2H3,(H,23,25)(H,24,26). The number of anilines is 2. The lowest BCUT2D eigenvalue weighted by Crippen LogP contribution is -2.13. The largest absolute Gasteiger partial charge is 0.495 e. The van der Waals surface area contributed by atoms with Gasteiger partial charge in [-0.3, -0.25) is 9.59 Å². The Morgan fingerprint density at radius 1 is 0.815 bits per heavy atom. The number of carbonyl (C=O) groups is 2. The first-order valence-corrected chi connectivity index (χ1v) is 8.49. The van der Waals surface area contributed by atoms with Gasteiger partial charge in [0, 0.05) is 18.2 Å². The molecule has 5 nitrogen and oxygen atoms in total. The molecule has 3 rings (SSSR count). The molecule has 3 aromatic rings. The number of carbonyl (C=O) groups excluding carboxylic acids is 2. The van der Waals surface area contributed by atoms with Crippen molar-refractivity contribution in [1.82, 2.24) is 0 Å². The average molecular weight is 360 g/mol. The average Bonchev–Trinajstić information content (AvgIpc) is 2.68. The molecule has 0 aliphatic heterocycles. The third kappa shape index (κ3) is 4.52. The van der Waals surface area contributed by atoms with Crippen molar-refractivity contribution in [2.24, 2.45) is 0 Å². The molecule has 5 heteroatoms. The number of hydrogen-bond acceptors (Lipinski definition) is 3. The zero-order valence-electron chi connectivity index (χ0n) is 15.2. The Labute approximate surface area is 158 Å². The molecule has 0 aliphatic carbocycles. The molecular weight excluding hydrogens is 340 g/mol. The predicted octanol–water partition coefficient (Wildman–Crippen LogP) is 4.57. The molecule has 0 saturated carbocycles. The fourth-order valence-electron chi connectivity index (χ4n) is 2.73. The second-order valence-electron chi connectivity index (χ2n) is 5.99. The third-order valence-electron chi connectivity index (χ3n) is 4.02. The Morgan fingerprint density at radius 2 is 1.48 bits per heavy atom. The first kappa shape index (κ1) is 18.2. The summed E-state index contributed by atoms with van der Waals surface area (Å²) in [7, 11) is 1.53. The third-order valence-corrected chi connectivity index (χ3v) is 4.02.